The fourth-order valence-electron chi connectivity index (χ4n) is 4.23. The fourth-order valence-corrected chi connectivity index (χ4v) is 4.23. The summed E-state index contributed by atoms with van der Waals surface area (Å²) < 4.78 is 0. The molecule has 2 aliphatic rings. The van der Waals surface area contributed by atoms with Gasteiger partial charge in [-0.25, -0.2) is 4.79 Å². The third-order valence-corrected chi connectivity index (χ3v) is 5.31. The average Bonchev–Trinajstić information content (AvgIpc) is 2.69. The molecule has 2 saturated heterocycles. The first-order chi connectivity index (χ1) is 11.4. The highest BCUT2D eigenvalue weighted by Gasteiger charge is 2.61. The summed E-state index contributed by atoms with van der Waals surface area (Å²) >= 11 is 0. The van der Waals surface area contributed by atoms with Crippen LogP contribution in [-0.2, 0) is 6.54 Å². The Labute approximate surface area is 143 Å². The number of hydrogen-bond donors (Lipinski definition) is 3. The summed E-state index contributed by atoms with van der Waals surface area (Å²) in [6.45, 7) is 9.87. The Balaban J connectivity index is 1.95. The van der Waals surface area contributed by atoms with Crippen LogP contribution in [0.25, 0.3) is 0 Å². The number of amides is 2. The van der Waals surface area contributed by atoms with Crippen molar-refractivity contribution in [3.63, 3.8) is 0 Å². The Morgan fingerprint density at radius 3 is 2.46 bits per heavy atom. The van der Waals surface area contributed by atoms with E-state index in [2.05, 4.69) is 35.4 Å². The van der Waals surface area contributed by atoms with Gasteiger partial charge in [0.05, 0.1) is 12.1 Å². The largest absolute Gasteiger partial charge is 0.368 e. The van der Waals surface area contributed by atoms with Crippen molar-refractivity contribution >= 4 is 6.03 Å². The standard InChI is InChI=1S/C19H27N3O2/c1-4-5-19(24)18(6-8-20-9-7-18)21-17(23)22(19)13-16-11-14(2)10-15(3)12-16/h4,10-12,20,24H,1,5-9,13H2,2-3H3,(H,21,23). The molecule has 0 aliphatic carbocycles. The van der Waals surface area contributed by atoms with Crippen LogP contribution < -0.4 is 10.6 Å². The van der Waals surface area contributed by atoms with E-state index in [0.717, 1.165) is 29.8 Å². The predicted molar refractivity (Wildman–Crippen MR) is 94.6 cm³/mol. The van der Waals surface area contributed by atoms with E-state index in [-0.39, 0.29) is 6.03 Å². The van der Waals surface area contributed by atoms with E-state index in [0.29, 0.717) is 25.8 Å². The zero-order valence-corrected chi connectivity index (χ0v) is 14.6. The van der Waals surface area contributed by atoms with E-state index in [1.807, 2.05) is 13.8 Å². The third kappa shape index (κ3) is 2.72. The van der Waals surface area contributed by atoms with Crippen LogP contribution in [0.3, 0.4) is 0 Å². The maximum absolute atomic E-state index is 12.7. The maximum atomic E-state index is 12.7. The first-order valence-electron chi connectivity index (χ1n) is 8.61. The summed E-state index contributed by atoms with van der Waals surface area (Å²) in [5.74, 6) is 0. The van der Waals surface area contributed by atoms with Gasteiger partial charge in [-0.3, -0.25) is 4.90 Å². The third-order valence-electron chi connectivity index (χ3n) is 5.31. The summed E-state index contributed by atoms with van der Waals surface area (Å²) in [6.07, 6.45) is 3.49. The van der Waals surface area contributed by atoms with Crippen LogP contribution in [0.5, 0.6) is 0 Å². The molecule has 2 amide bonds. The molecule has 5 heteroatoms. The fraction of sp³-hybridized carbons (Fsp3) is 0.526. The molecule has 0 radical (unpaired) electrons. The minimum Gasteiger partial charge on any atom is -0.368 e. The van der Waals surface area contributed by atoms with Crippen LogP contribution in [0.1, 0.15) is 36.0 Å². The number of urea groups is 1. The molecule has 1 aromatic carbocycles. The molecule has 1 aromatic rings. The molecule has 0 bridgehead atoms. The number of nitrogens with one attached hydrogen (secondary N) is 2. The molecule has 1 unspecified atom stereocenters. The van der Waals surface area contributed by atoms with Crippen molar-refractivity contribution < 1.29 is 9.90 Å². The van der Waals surface area contributed by atoms with Gasteiger partial charge < -0.3 is 15.7 Å². The molecule has 1 atom stereocenters. The number of rotatable bonds is 4. The van der Waals surface area contributed by atoms with Crippen molar-refractivity contribution in [2.45, 2.75) is 50.9 Å². The highest BCUT2D eigenvalue weighted by atomic mass is 16.3. The van der Waals surface area contributed by atoms with Gasteiger partial charge in [0.1, 0.15) is 0 Å². The Morgan fingerprint density at radius 1 is 1.25 bits per heavy atom. The van der Waals surface area contributed by atoms with Crippen LogP contribution in [-0.4, -0.2) is 40.4 Å². The van der Waals surface area contributed by atoms with Gasteiger partial charge >= 0.3 is 6.03 Å². The second kappa shape index (κ2) is 6.22. The summed E-state index contributed by atoms with van der Waals surface area (Å²) in [5, 5.41) is 17.9. The summed E-state index contributed by atoms with van der Waals surface area (Å²) in [4.78, 5) is 14.3. The Kier molecular flexibility index (Phi) is 4.40. The number of aryl methyl sites for hydroxylation is 2. The quantitative estimate of drug-likeness (QED) is 0.742. The molecule has 2 heterocycles. The van der Waals surface area contributed by atoms with E-state index < -0.39 is 11.3 Å². The Bertz CT molecular complexity index is 632. The van der Waals surface area contributed by atoms with Crippen LogP contribution in [0.15, 0.2) is 30.9 Å². The minimum atomic E-state index is -1.24. The van der Waals surface area contributed by atoms with Crippen molar-refractivity contribution in [3.8, 4) is 0 Å². The van der Waals surface area contributed by atoms with Crippen LogP contribution in [0, 0.1) is 13.8 Å². The lowest BCUT2D eigenvalue weighted by atomic mass is 9.77. The number of hydrogen-bond acceptors (Lipinski definition) is 3. The van der Waals surface area contributed by atoms with Crippen LogP contribution in [0.4, 0.5) is 4.79 Å². The van der Waals surface area contributed by atoms with Gasteiger partial charge in [0.15, 0.2) is 5.72 Å². The van der Waals surface area contributed by atoms with Gasteiger partial charge in [0.25, 0.3) is 0 Å². The molecule has 3 N–H and O–H groups in total. The number of carbonyl (C=O) groups excluding carboxylic acids is 1. The predicted octanol–water partition coefficient (Wildman–Crippen LogP) is 2.22. The number of aliphatic hydroxyl groups is 1. The van der Waals surface area contributed by atoms with Crippen molar-refractivity contribution in [1.29, 1.82) is 0 Å². The van der Waals surface area contributed by atoms with Gasteiger partial charge in [0.2, 0.25) is 0 Å². The van der Waals surface area contributed by atoms with E-state index >= 15 is 0 Å². The van der Waals surface area contributed by atoms with Crippen LogP contribution >= 0.6 is 0 Å². The molecule has 2 aliphatic heterocycles. The lowest BCUT2D eigenvalue weighted by Gasteiger charge is -2.46. The first kappa shape index (κ1) is 17.0. The minimum absolute atomic E-state index is 0.194. The molecule has 24 heavy (non-hydrogen) atoms. The zero-order valence-electron chi connectivity index (χ0n) is 14.6. The van der Waals surface area contributed by atoms with E-state index in [1.165, 1.54) is 0 Å². The smallest absolute Gasteiger partial charge is 0.320 e. The normalized spacial score (nSPS) is 25.8. The van der Waals surface area contributed by atoms with E-state index in [1.54, 1.807) is 11.0 Å². The Hall–Kier alpha value is -1.85. The summed E-state index contributed by atoms with van der Waals surface area (Å²) in [6, 6.07) is 6.06. The lowest BCUT2D eigenvalue weighted by Crippen LogP contribution is -2.64. The molecule has 130 valence electrons. The second-order valence-corrected chi connectivity index (χ2v) is 7.15. The number of benzene rings is 1. The highest BCUT2D eigenvalue weighted by Crippen LogP contribution is 2.42. The summed E-state index contributed by atoms with van der Waals surface area (Å²) in [5.41, 5.74) is 1.51. The van der Waals surface area contributed by atoms with Gasteiger partial charge in [-0.15, -0.1) is 6.58 Å². The lowest BCUT2D eigenvalue weighted by molar-refractivity contribution is -0.123. The SMILES string of the molecule is C=CCC1(O)N(Cc2cc(C)cc(C)c2)C(=O)NC12CCNCC2. The first-order valence-corrected chi connectivity index (χ1v) is 8.61. The number of carbonyl (C=O) groups is 1. The van der Waals surface area contributed by atoms with Gasteiger partial charge in [0, 0.05) is 6.42 Å². The molecular weight excluding hydrogens is 302 g/mol. The Morgan fingerprint density at radius 2 is 1.88 bits per heavy atom. The highest BCUT2D eigenvalue weighted by molar-refractivity contribution is 5.79. The molecule has 0 saturated carbocycles. The van der Waals surface area contributed by atoms with Gasteiger partial charge in [-0.2, -0.15) is 0 Å². The molecule has 3 rings (SSSR count). The number of nitrogens with zero attached hydrogens (tertiary/aromatic N) is 1. The zero-order chi connectivity index (χ0) is 17.4. The van der Waals surface area contributed by atoms with E-state index in [4.69, 9.17) is 0 Å². The van der Waals surface area contributed by atoms with E-state index in [9.17, 15) is 9.90 Å². The topological polar surface area (TPSA) is 64.6 Å². The molecular formula is C19H27N3O2. The van der Waals surface area contributed by atoms with Crippen LogP contribution in [0.2, 0.25) is 0 Å². The van der Waals surface area contributed by atoms with Crippen molar-refractivity contribution in [2.24, 2.45) is 0 Å². The summed E-state index contributed by atoms with van der Waals surface area (Å²) in [7, 11) is 0. The molecule has 0 aromatic heterocycles. The second-order valence-electron chi connectivity index (χ2n) is 7.15. The molecule has 5 nitrogen and oxygen atoms in total. The average molecular weight is 329 g/mol. The molecule has 2 fully saturated rings. The monoisotopic (exact) mass is 329 g/mol. The van der Waals surface area contributed by atoms with Gasteiger partial charge in [-0.1, -0.05) is 35.4 Å². The number of piperidine rings is 1. The van der Waals surface area contributed by atoms with Crippen molar-refractivity contribution in [2.75, 3.05) is 13.1 Å². The van der Waals surface area contributed by atoms with Crippen molar-refractivity contribution in [1.82, 2.24) is 15.5 Å². The van der Waals surface area contributed by atoms with Crippen molar-refractivity contribution in [3.05, 3.63) is 47.5 Å². The molecule has 1 spiro atoms. The maximum Gasteiger partial charge on any atom is 0.320 e. The van der Waals surface area contributed by atoms with Gasteiger partial charge in [-0.05, 0) is 45.3 Å².